The van der Waals surface area contributed by atoms with Crippen molar-refractivity contribution in [3.05, 3.63) is 36.5 Å². The normalized spacial score (nSPS) is 13.7. The fourth-order valence-electron chi connectivity index (χ4n) is 7.78. The van der Waals surface area contributed by atoms with Crippen LogP contribution in [0, 0.1) is 0 Å². The minimum absolute atomic E-state index is 0.0140. The van der Waals surface area contributed by atoms with Gasteiger partial charge in [-0.15, -0.1) is 0 Å². The zero-order valence-electron chi connectivity index (χ0n) is 38.2. The number of aliphatic hydroxyl groups is 3. The molecule has 0 aromatic carbocycles. The molecule has 0 rings (SSSR count). The topological polar surface area (TPSA) is 89.8 Å². The third-order valence-corrected chi connectivity index (χ3v) is 11.7. The highest BCUT2D eigenvalue weighted by Gasteiger charge is 2.20. The number of carbonyl (C=O) groups is 1. The largest absolute Gasteiger partial charge is 0.394 e. The SMILES string of the molecule is CCCCCCCCCCC/C=C\C/C=C\CCCCCCCCCCCCCCCC(O)CC(=O)NC(CO)C(O)/C=C/CCCCCCCCCCCCC. The van der Waals surface area contributed by atoms with Gasteiger partial charge in [0.15, 0.2) is 0 Å². The maximum absolute atomic E-state index is 12.5. The van der Waals surface area contributed by atoms with E-state index in [2.05, 4.69) is 43.5 Å². The van der Waals surface area contributed by atoms with Crippen LogP contribution in [0.5, 0.6) is 0 Å². The van der Waals surface area contributed by atoms with Crippen molar-refractivity contribution in [1.82, 2.24) is 5.32 Å². The summed E-state index contributed by atoms with van der Waals surface area (Å²) in [4.78, 5) is 12.5. The number of carbonyl (C=O) groups excluding carboxylic acids is 1. The lowest BCUT2D eigenvalue weighted by Crippen LogP contribution is -2.45. The third-order valence-electron chi connectivity index (χ3n) is 11.7. The molecule has 0 saturated heterocycles. The molecule has 0 saturated carbocycles. The highest BCUT2D eigenvalue weighted by Crippen LogP contribution is 2.16. The zero-order chi connectivity index (χ0) is 41.5. The molecule has 0 aromatic rings. The molecule has 0 bridgehead atoms. The summed E-state index contributed by atoms with van der Waals surface area (Å²) in [5.41, 5.74) is 0. The summed E-state index contributed by atoms with van der Waals surface area (Å²) in [6, 6.07) is -0.743. The van der Waals surface area contributed by atoms with Crippen molar-refractivity contribution >= 4 is 5.91 Å². The Hall–Kier alpha value is -1.43. The van der Waals surface area contributed by atoms with Gasteiger partial charge in [0.1, 0.15) is 0 Å². The van der Waals surface area contributed by atoms with E-state index in [1.165, 1.54) is 205 Å². The Morgan fingerprint density at radius 3 is 1.16 bits per heavy atom. The number of aliphatic hydroxyl groups excluding tert-OH is 3. The minimum Gasteiger partial charge on any atom is -0.394 e. The van der Waals surface area contributed by atoms with Gasteiger partial charge in [-0.25, -0.2) is 0 Å². The van der Waals surface area contributed by atoms with E-state index in [1.807, 2.05) is 6.08 Å². The molecule has 3 unspecified atom stereocenters. The van der Waals surface area contributed by atoms with E-state index in [0.29, 0.717) is 6.42 Å². The number of amides is 1. The zero-order valence-corrected chi connectivity index (χ0v) is 38.2. The van der Waals surface area contributed by atoms with Gasteiger partial charge in [0, 0.05) is 0 Å². The summed E-state index contributed by atoms with van der Waals surface area (Å²) < 4.78 is 0. The second-order valence-corrected chi connectivity index (χ2v) is 17.4. The van der Waals surface area contributed by atoms with Crippen LogP contribution in [0.1, 0.15) is 264 Å². The molecule has 0 aliphatic rings. The molecule has 0 aromatic heterocycles. The van der Waals surface area contributed by atoms with Crippen LogP contribution in [0.15, 0.2) is 36.5 Å². The molecule has 5 heteroatoms. The first-order valence-electron chi connectivity index (χ1n) is 25.3. The second kappa shape index (κ2) is 47.3. The fourth-order valence-corrected chi connectivity index (χ4v) is 7.78. The fraction of sp³-hybridized carbons (Fsp3) is 0.865. The van der Waals surface area contributed by atoms with Crippen molar-refractivity contribution in [2.75, 3.05) is 6.61 Å². The summed E-state index contributed by atoms with van der Waals surface area (Å²) in [5.74, 6) is -0.315. The monoisotopic (exact) mass is 802 g/mol. The van der Waals surface area contributed by atoms with Gasteiger partial charge in [-0.3, -0.25) is 4.79 Å². The molecular weight excluding hydrogens is 703 g/mol. The summed E-state index contributed by atoms with van der Waals surface area (Å²) in [6.07, 6.45) is 60.3. The van der Waals surface area contributed by atoms with E-state index < -0.39 is 18.2 Å². The van der Waals surface area contributed by atoms with Crippen LogP contribution >= 0.6 is 0 Å². The molecular formula is C52H99NO4. The van der Waals surface area contributed by atoms with E-state index in [-0.39, 0.29) is 18.9 Å². The van der Waals surface area contributed by atoms with Gasteiger partial charge < -0.3 is 20.6 Å². The van der Waals surface area contributed by atoms with Crippen molar-refractivity contribution in [3.63, 3.8) is 0 Å². The van der Waals surface area contributed by atoms with Crippen molar-refractivity contribution in [2.45, 2.75) is 283 Å². The first kappa shape index (κ1) is 55.6. The predicted octanol–water partition coefficient (Wildman–Crippen LogP) is 15.1. The Morgan fingerprint density at radius 2 is 0.789 bits per heavy atom. The Balaban J connectivity index is 3.56. The highest BCUT2D eigenvalue weighted by atomic mass is 16.3. The van der Waals surface area contributed by atoms with Gasteiger partial charge in [0.2, 0.25) is 5.91 Å². The Labute approximate surface area is 355 Å². The molecule has 0 aliphatic heterocycles. The molecule has 3 atom stereocenters. The molecule has 5 nitrogen and oxygen atoms in total. The lowest BCUT2D eigenvalue weighted by Gasteiger charge is -2.21. The second-order valence-electron chi connectivity index (χ2n) is 17.4. The minimum atomic E-state index is -0.927. The molecule has 0 radical (unpaired) electrons. The van der Waals surface area contributed by atoms with Crippen LogP contribution in [-0.2, 0) is 4.79 Å². The van der Waals surface area contributed by atoms with Crippen molar-refractivity contribution in [2.24, 2.45) is 0 Å². The average molecular weight is 802 g/mol. The van der Waals surface area contributed by atoms with Gasteiger partial charge in [0.05, 0.1) is 31.3 Å². The van der Waals surface area contributed by atoms with Gasteiger partial charge in [0.25, 0.3) is 0 Å². The first-order valence-corrected chi connectivity index (χ1v) is 25.3. The van der Waals surface area contributed by atoms with Crippen LogP contribution in [0.3, 0.4) is 0 Å². The van der Waals surface area contributed by atoms with Gasteiger partial charge >= 0.3 is 0 Å². The van der Waals surface area contributed by atoms with E-state index in [4.69, 9.17) is 0 Å². The third kappa shape index (κ3) is 44.0. The maximum atomic E-state index is 12.5. The summed E-state index contributed by atoms with van der Waals surface area (Å²) in [5, 5.41) is 33.3. The van der Waals surface area contributed by atoms with Crippen molar-refractivity contribution in [1.29, 1.82) is 0 Å². The Morgan fingerprint density at radius 1 is 0.456 bits per heavy atom. The number of unbranched alkanes of at least 4 members (excludes halogenated alkanes) is 33. The van der Waals surface area contributed by atoms with Crippen molar-refractivity contribution in [3.8, 4) is 0 Å². The molecule has 0 heterocycles. The maximum Gasteiger partial charge on any atom is 0.222 e. The number of rotatable bonds is 46. The number of hydrogen-bond donors (Lipinski definition) is 4. The Bertz CT molecular complexity index is 885. The molecule has 4 N–H and O–H groups in total. The van der Waals surface area contributed by atoms with Gasteiger partial charge in [-0.05, 0) is 51.4 Å². The molecule has 0 aliphatic carbocycles. The smallest absolute Gasteiger partial charge is 0.222 e. The van der Waals surface area contributed by atoms with Crippen LogP contribution in [0.25, 0.3) is 0 Å². The molecule has 336 valence electrons. The highest BCUT2D eigenvalue weighted by molar-refractivity contribution is 5.76. The molecule has 57 heavy (non-hydrogen) atoms. The lowest BCUT2D eigenvalue weighted by atomic mass is 10.0. The van der Waals surface area contributed by atoms with Crippen LogP contribution in [-0.4, -0.2) is 46.1 Å². The quantitative estimate of drug-likeness (QED) is 0.0365. The number of nitrogens with one attached hydrogen (secondary N) is 1. The molecule has 0 spiro atoms. The molecule has 1 amide bonds. The summed E-state index contributed by atoms with van der Waals surface area (Å²) >= 11 is 0. The standard InChI is InChI=1S/C52H99NO4/c1-3-5-7-9-11-13-15-17-18-19-20-21-22-23-24-25-26-27-28-29-30-31-32-34-35-37-39-41-43-45-49(55)47-52(57)53-50(48-54)51(56)46-44-42-40-38-36-33-16-14-12-10-8-6-4-2/h20-21,23-24,44,46,49-51,54-56H,3-19,22,25-43,45,47-48H2,1-2H3,(H,53,57)/b21-20-,24-23-,46-44+. The number of hydrogen-bond acceptors (Lipinski definition) is 4. The van der Waals surface area contributed by atoms with E-state index in [1.54, 1.807) is 6.08 Å². The van der Waals surface area contributed by atoms with E-state index in [0.717, 1.165) is 32.1 Å². The first-order chi connectivity index (χ1) is 28.0. The summed E-state index contributed by atoms with van der Waals surface area (Å²) in [7, 11) is 0. The van der Waals surface area contributed by atoms with Gasteiger partial charge in [-0.1, -0.05) is 243 Å². The van der Waals surface area contributed by atoms with Crippen LogP contribution in [0.2, 0.25) is 0 Å². The van der Waals surface area contributed by atoms with Gasteiger partial charge in [-0.2, -0.15) is 0 Å². The van der Waals surface area contributed by atoms with Crippen LogP contribution in [0.4, 0.5) is 0 Å². The van der Waals surface area contributed by atoms with Crippen molar-refractivity contribution < 1.29 is 20.1 Å². The lowest BCUT2D eigenvalue weighted by molar-refractivity contribution is -0.124. The summed E-state index contributed by atoms with van der Waals surface area (Å²) in [6.45, 7) is 4.22. The van der Waals surface area contributed by atoms with E-state index in [9.17, 15) is 20.1 Å². The predicted molar refractivity (Wildman–Crippen MR) is 250 cm³/mol. The van der Waals surface area contributed by atoms with Crippen LogP contribution < -0.4 is 5.32 Å². The van der Waals surface area contributed by atoms with E-state index >= 15 is 0 Å². The molecule has 0 fully saturated rings. The Kier molecular flexibility index (Phi) is 46.1. The average Bonchev–Trinajstić information content (AvgIpc) is 3.20. The number of allylic oxidation sites excluding steroid dienone is 5.